The molecule has 0 bridgehead atoms. The van der Waals surface area contributed by atoms with Crippen LogP contribution in [0.1, 0.15) is 30.3 Å². The Labute approximate surface area is 170 Å². The van der Waals surface area contributed by atoms with Crippen LogP contribution >= 0.6 is 0 Å². The number of aliphatic hydroxyl groups is 1. The van der Waals surface area contributed by atoms with Crippen molar-refractivity contribution in [3.05, 3.63) is 47.5 Å². The minimum absolute atomic E-state index is 0.352. The summed E-state index contributed by atoms with van der Waals surface area (Å²) < 4.78 is 26.9. The van der Waals surface area contributed by atoms with Crippen molar-refractivity contribution in [1.82, 2.24) is 0 Å². The van der Waals surface area contributed by atoms with E-state index >= 15 is 0 Å². The summed E-state index contributed by atoms with van der Waals surface area (Å²) in [4.78, 5) is 12.4. The molecule has 0 aliphatic carbocycles. The molecule has 2 aromatic rings. The Hall–Kier alpha value is -2.93. The van der Waals surface area contributed by atoms with Gasteiger partial charge in [0.1, 0.15) is 6.10 Å². The monoisotopic (exact) mass is 402 g/mol. The molecule has 7 nitrogen and oxygen atoms in total. The van der Waals surface area contributed by atoms with Gasteiger partial charge in [0.25, 0.3) is 0 Å². The molecule has 0 radical (unpaired) electrons. The van der Waals surface area contributed by atoms with Crippen LogP contribution in [0.2, 0.25) is 0 Å². The van der Waals surface area contributed by atoms with Gasteiger partial charge in [-0.25, -0.2) is 0 Å². The summed E-state index contributed by atoms with van der Waals surface area (Å²) in [6.45, 7) is 1.76. The van der Waals surface area contributed by atoms with Crippen LogP contribution in [-0.4, -0.2) is 39.5 Å². The molecule has 2 aromatic carbocycles. The van der Waals surface area contributed by atoms with E-state index in [2.05, 4.69) is 0 Å². The third-order valence-electron chi connectivity index (χ3n) is 5.39. The van der Waals surface area contributed by atoms with Gasteiger partial charge in [-0.2, -0.15) is 0 Å². The van der Waals surface area contributed by atoms with E-state index in [1.807, 2.05) is 6.07 Å². The van der Waals surface area contributed by atoms with Gasteiger partial charge >= 0.3 is 5.97 Å². The molecule has 156 valence electrons. The smallest absolute Gasteiger partial charge is 0.309 e. The number of ether oxygens (including phenoxy) is 5. The van der Waals surface area contributed by atoms with Crippen LogP contribution in [0.4, 0.5) is 0 Å². The maximum absolute atomic E-state index is 12.4. The second-order valence-electron chi connectivity index (χ2n) is 6.90. The number of methoxy groups -OCH3 is 4. The SMILES string of the molecule is COc1ccc([C@H](O)[C@@H]2[C@H](C)C(=O)O[C@H]2c2ccc(OC)c(OC)c2)cc1OC. The van der Waals surface area contributed by atoms with E-state index in [0.29, 0.717) is 28.6 Å². The molecule has 1 N–H and O–H groups in total. The first-order valence-corrected chi connectivity index (χ1v) is 9.27. The fourth-order valence-corrected chi connectivity index (χ4v) is 3.75. The van der Waals surface area contributed by atoms with E-state index in [0.717, 1.165) is 5.56 Å². The van der Waals surface area contributed by atoms with Gasteiger partial charge in [-0.15, -0.1) is 0 Å². The van der Waals surface area contributed by atoms with E-state index in [1.54, 1.807) is 58.6 Å². The van der Waals surface area contributed by atoms with Crippen molar-refractivity contribution in [2.24, 2.45) is 11.8 Å². The lowest BCUT2D eigenvalue weighted by Gasteiger charge is -2.26. The Balaban J connectivity index is 1.98. The molecule has 0 saturated carbocycles. The van der Waals surface area contributed by atoms with Gasteiger partial charge in [-0.3, -0.25) is 4.79 Å². The lowest BCUT2D eigenvalue weighted by atomic mass is 9.81. The molecule has 0 spiro atoms. The van der Waals surface area contributed by atoms with Crippen molar-refractivity contribution in [3.63, 3.8) is 0 Å². The Morgan fingerprint density at radius 1 is 0.862 bits per heavy atom. The summed E-state index contributed by atoms with van der Waals surface area (Å²) in [5.41, 5.74) is 1.34. The third kappa shape index (κ3) is 3.82. The average Bonchev–Trinajstić information content (AvgIpc) is 3.06. The minimum Gasteiger partial charge on any atom is -0.493 e. The largest absolute Gasteiger partial charge is 0.493 e. The number of benzene rings is 2. The van der Waals surface area contributed by atoms with E-state index in [-0.39, 0.29) is 5.97 Å². The quantitative estimate of drug-likeness (QED) is 0.712. The predicted molar refractivity (Wildman–Crippen MR) is 106 cm³/mol. The van der Waals surface area contributed by atoms with Gasteiger partial charge in [-0.1, -0.05) is 19.1 Å². The number of carbonyl (C=O) groups excluding carboxylic acids is 1. The highest BCUT2D eigenvalue weighted by Crippen LogP contribution is 2.48. The van der Waals surface area contributed by atoms with Crippen LogP contribution in [0.15, 0.2) is 36.4 Å². The highest BCUT2D eigenvalue weighted by atomic mass is 16.6. The standard InChI is InChI=1S/C22H26O7/c1-12-19(20(23)13-6-8-15(25-2)17(10-13)27-4)21(29-22(12)24)14-7-9-16(26-3)18(11-14)28-5/h6-12,19-21,23H,1-5H3/t12-,19-,20-,21-/m0/s1. The van der Waals surface area contributed by atoms with Gasteiger partial charge in [0.15, 0.2) is 23.0 Å². The summed E-state index contributed by atoms with van der Waals surface area (Å²) in [7, 11) is 6.18. The van der Waals surface area contributed by atoms with Crippen molar-refractivity contribution in [2.45, 2.75) is 19.1 Å². The van der Waals surface area contributed by atoms with Crippen LogP contribution in [-0.2, 0) is 9.53 Å². The van der Waals surface area contributed by atoms with Crippen molar-refractivity contribution in [3.8, 4) is 23.0 Å². The molecule has 1 fully saturated rings. The van der Waals surface area contributed by atoms with Gasteiger partial charge in [0, 0.05) is 5.92 Å². The fraction of sp³-hybridized carbons (Fsp3) is 0.409. The van der Waals surface area contributed by atoms with Crippen molar-refractivity contribution >= 4 is 5.97 Å². The predicted octanol–water partition coefficient (Wildman–Crippen LogP) is 3.30. The third-order valence-corrected chi connectivity index (χ3v) is 5.39. The highest BCUT2D eigenvalue weighted by molar-refractivity contribution is 5.75. The lowest BCUT2D eigenvalue weighted by molar-refractivity contribution is -0.144. The van der Waals surface area contributed by atoms with E-state index in [1.165, 1.54) is 7.11 Å². The molecule has 1 aliphatic heterocycles. The minimum atomic E-state index is -0.950. The van der Waals surface area contributed by atoms with Crippen LogP contribution in [0.25, 0.3) is 0 Å². The first-order chi connectivity index (χ1) is 13.9. The van der Waals surface area contributed by atoms with Crippen LogP contribution in [0, 0.1) is 11.8 Å². The summed E-state index contributed by atoms with van der Waals surface area (Å²) in [5, 5.41) is 11.2. The van der Waals surface area contributed by atoms with Crippen molar-refractivity contribution in [1.29, 1.82) is 0 Å². The molecule has 1 saturated heterocycles. The molecule has 0 aromatic heterocycles. The Morgan fingerprint density at radius 3 is 2.00 bits per heavy atom. The molecule has 29 heavy (non-hydrogen) atoms. The lowest BCUT2D eigenvalue weighted by Crippen LogP contribution is -2.22. The van der Waals surface area contributed by atoms with Crippen LogP contribution < -0.4 is 18.9 Å². The summed E-state index contributed by atoms with van der Waals surface area (Å²) in [6.07, 6.45) is -1.57. The Morgan fingerprint density at radius 2 is 1.41 bits per heavy atom. The highest BCUT2D eigenvalue weighted by Gasteiger charge is 2.47. The second-order valence-corrected chi connectivity index (χ2v) is 6.90. The molecule has 1 aliphatic rings. The van der Waals surface area contributed by atoms with Crippen LogP contribution in [0.3, 0.4) is 0 Å². The van der Waals surface area contributed by atoms with Gasteiger partial charge in [-0.05, 0) is 35.4 Å². The second kappa shape index (κ2) is 8.61. The zero-order valence-corrected chi connectivity index (χ0v) is 17.2. The van der Waals surface area contributed by atoms with Gasteiger partial charge in [0.2, 0.25) is 0 Å². The van der Waals surface area contributed by atoms with E-state index < -0.39 is 24.0 Å². The number of esters is 1. The molecular formula is C22H26O7. The molecule has 7 heteroatoms. The summed E-state index contributed by atoms with van der Waals surface area (Å²) in [6, 6.07) is 10.5. The number of hydrogen-bond donors (Lipinski definition) is 1. The number of carbonyl (C=O) groups is 1. The topological polar surface area (TPSA) is 83.5 Å². The van der Waals surface area contributed by atoms with Crippen LogP contribution in [0.5, 0.6) is 23.0 Å². The molecule has 4 atom stereocenters. The normalized spacial score (nSPS) is 22.0. The number of aliphatic hydroxyl groups excluding tert-OH is 1. The average molecular weight is 402 g/mol. The molecule has 0 amide bonds. The number of hydrogen-bond acceptors (Lipinski definition) is 7. The zero-order chi connectivity index (χ0) is 21.1. The molecule has 3 rings (SSSR count). The van der Waals surface area contributed by atoms with Gasteiger partial charge < -0.3 is 28.8 Å². The van der Waals surface area contributed by atoms with Crippen molar-refractivity contribution in [2.75, 3.05) is 28.4 Å². The summed E-state index contributed by atoms with van der Waals surface area (Å²) >= 11 is 0. The maximum Gasteiger partial charge on any atom is 0.309 e. The number of cyclic esters (lactones) is 1. The molecule has 1 heterocycles. The number of rotatable bonds is 7. The Bertz CT molecular complexity index is 879. The van der Waals surface area contributed by atoms with Crippen molar-refractivity contribution < 1.29 is 33.6 Å². The molecule has 0 unspecified atom stereocenters. The molecular weight excluding hydrogens is 376 g/mol. The van der Waals surface area contributed by atoms with Gasteiger partial charge in [0.05, 0.1) is 40.5 Å². The van der Waals surface area contributed by atoms with E-state index in [9.17, 15) is 9.90 Å². The summed E-state index contributed by atoms with van der Waals surface area (Å²) in [5.74, 6) is 0.839. The fourth-order valence-electron chi connectivity index (χ4n) is 3.75. The first kappa shape index (κ1) is 20.8. The first-order valence-electron chi connectivity index (χ1n) is 9.27. The maximum atomic E-state index is 12.4. The Kier molecular flexibility index (Phi) is 6.17. The zero-order valence-electron chi connectivity index (χ0n) is 17.2. The van der Waals surface area contributed by atoms with E-state index in [4.69, 9.17) is 23.7 Å².